The van der Waals surface area contributed by atoms with E-state index in [4.69, 9.17) is 9.66 Å². The topological polar surface area (TPSA) is 96.2 Å². The van der Waals surface area contributed by atoms with Gasteiger partial charge in [0.2, 0.25) is 0 Å². The van der Waals surface area contributed by atoms with Crippen molar-refractivity contribution in [1.82, 2.24) is 0 Å². The highest BCUT2D eigenvalue weighted by Crippen LogP contribution is 2.11. The van der Waals surface area contributed by atoms with Gasteiger partial charge in [-0.25, -0.2) is 4.28 Å². The first-order chi connectivity index (χ1) is 8.51. The lowest BCUT2D eigenvalue weighted by Crippen LogP contribution is -2.05. The lowest BCUT2D eigenvalue weighted by Gasteiger charge is -2.04. The summed E-state index contributed by atoms with van der Waals surface area (Å²) in [5.41, 5.74) is 0.917. The highest BCUT2D eigenvalue weighted by Gasteiger charge is 2.08. The summed E-state index contributed by atoms with van der Waals surface area (Å²) in [6.45, 7) is -0.0651. The summed E-state index contributed by atoms with van der Waals surface area (Å²) in [5, 5.41) is 12.4. The third-order valence-corrected chi connectivity index (χ3v) is 2.99. The molecule has 0 amide bonds. The molecule has 0 aliphatic carbocycles. The molecule has 8 heteroatoms. The van der Waals surface area contributed by atoms with E-state index in [1.165, 1.54) is 0 Å². The number of thioether (sulfide) groups is 1. The number of hydrogen-bond donors (Lipinski definition) is 2. The molecule has 1 aromatic rings. The average molecular weight is 291 g/mol. The monoisotopic (exact) mass is 291 g/mol. The molecule has 0 aromatic heterocycles. The van der Waals surface area contributed by atoms with E-state index in [1.807, 2.05) is 30.3 Å². The van der Waals surface area contributed by atoms with Crippen LogP contribution in [0, 0.1) is 0 Å². The fourth-order valence-electron chi connectivity index (χ4n) is 1.13. The van der Waals surface area contributed by atoms with Crippen molar-refractivity contribution in [1.29, 1.82) is 0 Å². The Labute approximate surface area is 110 Å². The van der Waals surface area contributed by atoms with E-state index in [1.54, 1.807) is 0 Å². The van der Waals surface area contributed by atoms with E-state index < -0.39 is 10.4 Å². The van der Waals surface area contributed by atoms with Gasteiger partial charge >= 0.3 is 10.4 Å². The molecule has 0 bridgehead atoms. The van der Waals surface area contributed by atoms with Crippen LogP contribution < -0.4 is 0 Å². The zero-order valence-corrected chi connectivity index (χ0v) is 11.0. The van der Waals surface area contributed by atoms with E-state index in [0.29, 0.717) is 17.2 Å². The summed E-state index contributed by atoms with van der Waals surface area (Å²) in [5.74, 6) is 0.362. The second-order valence-corrected chi connectivity index (χ2v) is 5.39. The Bertz CT molecular complexity index is 486. The molecular weight excluding hydrogens is 278 g/mol. The van der Waals surface area contributed by atoms with Crippen LogP contribution in [-0.2, 0) is 21.1 Å². The Hall–Kier alpha value is -1.09. The van der Waals surface area contributed by atoms with Crippen molar-refractivity contribution < 1.29 is 22.4 Å². The van der Waals surface area contributed by atoms with Gasteiger partial charge < -0.3 is 5.11 Å². The minimum Gasteiger partial charge on any atom is -0.396 e. The molecule has 0 atom stereocenters. The molecular formula is C10H13NO5S2. The molecule has 0 heterocycles. The average Bonchev–Trinajstić information content (AvgIpc) is 2.33. The molecule has 0 aliphatic heterocycles. The van der Waals surface area contributed by atoms with Crippen LogP contribution in [0.25, 0.3) is 0 Å². The van der Waals surface area contributed by atoms with Gasteiger partial charge in [-0.05, 0) is 5.56 Å². The van der Waals surface area contributed by atoms with E-state index in [0.717, 1.165) is 17.3 Å². The van der Waals surface area contributed by atoms with Crippen molar-refractivity contribution in [3.8, 4) is 0 Å². The van der Waals surface area contributed by atoms with Crippen LogP contribution in [-0.4, -0.2) is 35.5 Å². The first-order valence-corrected chi connectivity index (χ1v) is 7.37. The van der Waals surface area contributed by atoms with Gasteiger partial charge in [0.25, 0.3) is 0 Å². The van der Waals surface area contributed by atoms with Crippen molar-refractivity contribution in [2.45, 2.75) is 6.42 Å². The van der Waals surface area contributed by atoms with Crippen LogP contribution in [0.5, 0.6) is 0 Å². The normalized spacial score (nSPS) is 12.4. The predicted octanol–water partition coefficient (Wildman–Crippen LogP) is 1.09. The van der Waals surface area contributed by atoms with Gasteiger partial charge in [0.1, 0.15) is 5.04 Å². The Morgan fingerprint density at radius 3 is 2.56 bits per heavy atom. The standard InChI is InChI=1S/C10H13NO5S2/c12-6-7-17-10(11-16-18(13,14)15)8-9-4-2-1-3-5-9/h1-5,12H,6-8H2,(H,13,14,15)/b11-10+. The molecule has 6 nitrogen and oxygen atoms in total. The molecule has 0 saturated heterocycles. The SMILES string of the molecule is O=S(=O)(O)O/N=C(\Cc1ccccc1)SCCO. The lowest BCUT2D eigenvalue weighted by molar-refractivity contribution is 0.283. The maximum atomic E-state index is 10.4. The van der Waals surface area contributed by atoms with E-state index in [9.17, 15) is 8.42 Å². The summed E-state index contributed by atoms with van der Waals surface area (Å²) in [6, 6.07) is 9.24. The Kier molecular flexibility index (Phi) is 6.13. The van der Waals surface area contributed by atoms with Gasteiger partial charge in [0.05, 0.1) is 6.61 Å². The van der Waals surface area contributed by atoms with E-state index >= 15 is 0 Å². The highest BCUT2D eigenvalue weighted by atomic mass is 32.3. The van der Waals surface area contributed by atoms with Gasteiger partial charge in [-0.3, -0.25) is 4.55 Å². The summed E-state index contributed by atoms with van der Waals surface area (Å²) in [7, 11) is -4.60. The van der Waals surface area contributed by atoms with Gasteiger partial charge in [-0.1, -0.05) is 35.5 Å². The molecule has 0 radical (unpaired) electrons. The number of rotatable bonds is 6. The van der Waals surface area contributed by atoms with Crippen LogP contribution >= 0.6 is 11.8 Å². The largest absolute Gasteiger partial charge is 0.466 e. The van der Waals surface area contributed by atoms with Crippen LogP contribution in [0.1, 0.15) is 5.56 Å². The summed E-state index contributed by atoms with van der Waals surface area (Å²) >= 11 is 1.16. The molecule has 18 heavy (non-hydrogen) atoms. The zero-order valence-electron chi connectivity index (χ0n) is 9.39. The summed E-state index contributed by atoms with van der Waals surface area (Å²) in [6.07, 6.45) is 0.362. The molecule has 2 N–H and O–H groups in total. The van der Waals surface area contributed by atoms with E-state index in [-0.39, 0.29) is 6.61 Å². The second kappa shape index (κ2) is 7.37. The molecule has 0 saturated carbocycles. The van der Waals surface area contributed by atoms with Crippen LogP contribution in [0.4, 0.5) is 0 Å². The predicted molar refractivity (Wildman–Crippen MR) is 69.8 cm³/mol. The van der Waals surface area contributed by atoms with Crippen LogP contribution in [0.2, 0.25) is 0 Å². The fraction of sp³-hybridized carbons (Fsp3) is 0.300. The molecule has 0 unspecified atom stereocenters. The number of nitrogens with zero attached hydrogens (tertiary/aromatic N) is 1. The number of aliphatic hydroxyl groups is 1. The number of hydrogen-bond acceptors (Lipinski definition) is 6. The van der Waals surface area contributed by atoms with Crippen molar-refractivity contribution in [3.05, 3.63) is 35.9 Å². The first kappa shape index (κ1) is 15.0. The van der Waals surface area contributed by atoms with Gasteiger partial charge in [-0.15, -0.1) is 11.8 Å². The molecule has 0 fully saturated rings. The maximum absolute atomic E-state index is 10.4. The first-order valence-electron chi connectivity index (χ1n) is 5.02. The van der Waals surface area contributed by atoms with Gasteiger partial charge in [0, 0.05) is 12.2 Å². The third kappa shape index (κ3) is 6.60. The third-order valence-electron chi connectivity index (χ3n) is 1.79. The molecule has 0 spiro atoms. The minimum absolute atomic E-state index is 0.0651. The van der Waals surface area contributed by atoms with Crippen molar-refractivity contribution in [3.63, 3.8) is 0 Å². The molecule has 100 valence electrons. The number of oxime groups is 1. The Morgan fingerprint density at radius 1 is 1.33 bits per heavy atom. The maximum Gasteiger partial charge on any atom is 0.466 e. The van der Waals surface area contributed by atoms with Gasteiger partial charge in [0.15, 0.2) is 0 Å². The van der Waals surface area contributed by atoms with Gasteiger partial charge in [-0.2, -0.15) is 8.42 Å². The van der Waals surface area contributed by atoms with Crippen molar-refractivity contribution >= 4 is 27.2 Å². The Morgan fingerprint density at radius 2 is 2.00 bits per heavy atom. The lowest BCUT2D eigenvalue weighted by atomic mass is 10.2. The quantitative estimate of drug-likeness (QED) is 0.352. The highest BCUT2D eigenvalue weighted by molar-refractivity contribution is 8.13. The summed E-state index contributed by atoms with van der Waals surface area (Å²) < 4.78 is 33.3. The second-order valence-electron chi connectivity index (χ2n) is 3.22. The molecule has 0 aliphatic rings. The molecule has 1 rings (SSSR count). The van der Waals surface area contributed by atoms with Crippen molar-refractivity contribution in [2.75, 3.05) is 12.4 Å². The number of benzene rings is 1. The summed E-state index contributed by atoms with van der Waals surface area (Å²) in [4.78, 5) is 0. The van der Waals surface area contributed by atoms with Crippen molar-refractivity contribution in [2.24, 2.45) is 5.16 Å². The van der Waals surface area contributed by atoms with Crippen LogP contribution in [0.3, 0.4) is 0 Å². The Balaban J connectivity index is 2.72. The fourth-order valence-corrected chi connectivity index (χ4v) is 2.05. The smallest absolute Gasteiger partial charge is 0.396 e. The van der Waals surface area contributed by atoms with E-state index in [2.05, 4.69) is 9.44 Å². The number of aliphatic hydroxyl groups excluding tert-OH is 1. The van der Waals surface area contributed by atoms with Crippen LogP contribution in [0.15, 0.2) is 35.5 Å². The zero-order chi connectivity index (χ0) is 13.4. The molecule has 1 aromatic carbocycles. The minimum atomic E-state index is -4.60.